The average Bonchev–Trinajstić information content (AvgIpc) is 2.90. The standard InChI is InChI=1S/C13H19IN6/c1-5-6-15-12-9(14)10(13(2,3)4)17-11(18-12)8-7-16-20-19-8/h7H,5-6H2,1-4H3,(H,15,17,18)(H,16,19,20). The van der Waals surface area contributed by atoms with Crippen LogP contribution in [0.4, 0.5) is 5.82 Å². The highest BCUT2D eigenvalue weighted by atomic mass is 127. The summed E-state index contributed by atoms with van der Waals surface area (Å²) in [5, 5.41) is 13.9. The Bertz CT molecular complexity index is 573. The van der Waals surface area contributed by atoms with Crippen molar-refractivity contribution in [3.05, 3.63) is 15.5 Å². The summed E-state index contributed by atoms with van der Waals surface area (Å²) >= 11 is 2.31. The van der Waals surface area contributed by atoms with E-state index in [2.05, 4.69) is 81.0 Å². The van der Waals surface area contributed by atoms with Crippen molar-refractivity contribution in [1.29, 1.82) is 0 Å². The molecule has 0 amide bonds. The summed E-state index contributed by atoms with van der Waals surface area (Å²) in [6.07, 6.45) is 2.68. The number of hydrogen-bond acceptors (Lipinski definition) is 5. The van der Waals surface area contributed by atoms with Gasteiger partial charge in [-0.3, -0.25) is 0 Å². The van der Waals surface area contributed by atoms with Gasteiger partial charge in [0.05, 0.1) is 15.5 Å². The predicted octanol–water partition coefficient (Wildman–Crippen LogP) is 2.99. The number of H-pyrrole nitrogens is 1. The number of halogens is 1. The molecule has 0 unspecified atom stereocenters. The molecule has 0 saturated carbocycles. The number of anilines is 1. The van der Waals surface area contributed by atoms with Crippen molar-refractivity contribution in [3.63, 3.8) is 0 Å². The fourth-order valence-corrected chi connectivity index (χ4v) is 2.97. The summed E-state index contributed by atoms with van der Waals surface area (Å²) < 4.78 is 1.07. The smallest absolute Gasteiger partial charge is 0.184 e. The highest BCUT2D eigenvalue weighted by molar-refractivity contribution is 14.1. The van der Waals surface area contributed by atoms with E-state index in [1.165, 1.54) is 0 Å². The van der Waals surface area contributed by atoms with E-state index in [4.69, 9.17) is 0 Å². The minimum atomic E-state index is -0.0550. The van der Waals surface area contributed by atoms with E-state index in [-0.39, 0.29) is 5.41 Å². The number of rotatable bonds is 4. The first-order valence-corrected chi connectivity index (χ1v) is 7.69. The normalized spacial score (nSPS) is 11.7. The summed E-state index contributed by atoms with van der Waals surface area (Å²) in [6.45, 7) is 9.45. The van der Waals surface area contributed by atoms with Gasteiger partial charge >= 0.3 is 0 Å². The average molecular weight is 386 g/mol. The van der Waals surface area contributed by atoms with Crippen LogP contribution in [-0.4, -0.2) is 31.9 Å². The minimum Gasteiger partial charge on any atom is -0.369 e. The second-order valence-corrected chi connectivity index (χ2v) is 6.67. The molecule has 6 nitrogen and oxygen atoms in total. The zero-order valence-corrected chi connectivity index (χ0v) is 14.3. The Morgan fingerprint density at radius 3 is 2.60 bits per heavy atom. The van der Waals surface area contributed by atoms with Gasteiger partial charge in [-0.1, -0.05) is 27.7 Å². The van der Waals surface area contributed by atoms with Gasteiger partial charge < -0.3 is 5.32 Å². The summed E-state index contributed by atoms with van der Waals surface area (Å²) in [5.41, 5.74) is 1.62. The van der Waals surface area contributed by atoms with E-state index in [1.807, 2.05) is 0 Å². The summed E-state index contributed by atoms with van der Waals surface area (Å²) in [5.74, 6) is 1.47. The molecular formula is C13H19IN6. The Morgan fingerprint density at radius 1 is 1.30 bits per heavy atom. The van der Waals surface area contributed by atoms with E-state index in [1.54, 1.807) is 6.20 Å². The van der Waals surface area contributed by atoms with E-state index in [0.717, 1.165) is 28.0 Å². The molecular weight excluding hydrogens is 367 g/mol. The fraction of sp³-hybridized carbons (Fsp3) is 0.538. The highest BCUT2D eigenvalue weighted by Crippen LogP contribution is 2.31. The minimum absolute atomic E-state index is 0.0550. The Labute approximate surface area is 132 Å². The van der Waals surface area contributed by atoms with Crippen molar-refractivity contribution in [1.82, 2.24) is 25.4 Å². The molecule has 2 N–H and O–H groups in total. The van der Waals surface area contributed by atoms with Crippen molar-refractivity contribution in [2.45, 2.75) is 39.5 Å². The topological polar surface area (TPSA) is 79.4 Å². The van der Waals surface area contributed by atoms with Crippen LogP contribution in [0, 0.1) is 3.57 Å². The number of aromatic nitrogens is 5. The molecule has 0 spiro atoms. The van der Waals surface area contributed by atoms with Gasteiger partial charge in [0.1, 0.15) is 11.5 Å². The van der Waals surface area contributed by atoms with Gasteiger partial charge in [0.2, 0.25) is 0 Å². The maximum Gasteiger partial charge on any atom is 0.184 e. The second kappa shape index (κ2) is 6.02. The van der Waals surface area contributed by atoms with Crippen molar-refractivity contribution in [2.75, 3.05) is 11.9 Å². The second-order valence-electron chi connectivity index (χ2n) is 5.59. The van der Waals surface area contributed by atoms with Gasteiger partial charge in [0.15, 0.2) is 5.82 Å². The molecule has 0 fully saturated rings. The Balaban J connectivity index is 2.54. The zero-order chi connectivity index (χ0) is 14.8. The van der Waals surface area contributed by atoms with E-state index in [0.29, 0.717) is 11.5 Å². The third kappa shape index (κ3) is 3.25. The first-order valence-electron chi connectivity index (χ1n) is 6.61. The van der Waals surface area contributed by atoms with Crippen LogP contribution < -0.4 is 5.32 Å². The molecule has 108 valence electrons. The molecule has 0 radical (unpaired) electrons. The number of aromatic amines is 1. The highest BCUT2D eigenvalue weighted by Gasteiger charge is 2.24. The van der Waals surface area contributed by atoms with Crippen molar-refractivity contribution in [3.8, 4) is 11.5 Å². The molecule has 2 aromatic heterocycles. The lowest BCUT2D eigenvalue weighted by Gasteiger charge is -2.21. The van der Waals surface area contributed by atoms with Crippen LogP contribution in [0.1, 0.15) is 39.8 Å². The molecule has 0 bridgehead atoms. The third-order valence-electron chi connectivity index (χ3n) is 2.75. The molecule has 0 atom stereocenters. The molecule has 2 heterocycles. The van der Waals surface area contributed by atoms with Crippen LogP contribution in [0.2, 0.25) is 0 Å². The molecule has 0 aromatic carbocycles. The number of nitrogens with zero attached hydrogens (tertiary/aromatic N) is 4. The Morgan fingerprint density at radius 2 is 2.05 bits per heavy atom. The fourth-order valence-electron chi connectivity index (χ4n) is 1.73. The Kier molecular flexibility index (Phi) is 4.56. The van der Waals surface area contributed by atoms with E-state index in [9.17, 15) is 0 Å². The number of nitrogens with one attached hydrogen (secondary N) is 2. The first-order chi connectivity index (χ1) is 9.43. The lowest BCUT2D eigenvalue weighted by molar-refractivity contribution is 0.564. The SMILES string of the molecule is CCCNc1nc(-c2cn[nH]n2)nc(C(C)(C)C)c1I. The molecule has 2 aromatic rings. The molecule has 0 aliphatic heterocycles. The quantitative estimate of drug-likeness (QED) is 0.790. The van der Waals surface area contributed by atoms with E-state index < -0.39 is 0 Å². The van der Waals surface area contributed by atoms with Gasteiger partial charge in [-0.05, 0) is 29.0 Å². The third-order valence-corrected chi connectivity index (χ3v) is 3.77. The summed E-state index contributed by atoms with van der Waals surface area (Å²) in [7, 11) is 0. The van der Waals surface area contributed by atoms with Crippen molar-refractivity contribution in [2.24, 2.45) is 0 Å². The van der Waals surface area contributed by atoms with Crippen LogP contribution in [0.25, 0.3) is 11.5 Å². The van der Waals surface area contributed by atoms with Crippen LogP contribution in [0.15, 0.2) is 6.20 Å². The van der Waals surface area contributed by atoms with Gasteiger partial charge in [0, 0.05) is 12.0 Å². The lowest BCUT2D eigenvalue weighted by Crippen LogP contribution is -2.19. The van der Waals surface area contributed by atoms with Gasteiger partial charge in [-0.15, -0.1) is 0 Å². The number of hydrogen-bond donors (Lipinski definition) is 2. The Hall–Kier alpha value is -1.25. The maximum absolute atomic E-state index is 4.67. The first kappa shape index (κ1) is 15.1. The molecule has 20 heavy (non-hydrogen) atoms. The molecule has 2 rings (SSSR count). The van der Waals surface area contributed by atoms with Crippen LogP contribution in [0.3, 0.4) is 0 Å². The van der Waals surface area contributed by atoms with Gasteiger partial charge in [0.25, 0.3) is 0 Å². The lowest BCUT2D eigenvalue weighted by atomic mass is 9.92. The molecule has 0 aliphatic carbocycles. The molecule has 0 aliphatic rings. The van der Waals surface area contributed by atoms with Crippen LogP contribution in [-0.2, 0) is 5.41 Å². The zero-order valence-electron chi connectivity index (χ0n) is 12.2. The van der Waals surface area contributed by atoms with Gasteiger partial charge in [-0.25, -0.2) is 9.97 Å². The molecule has 7 heteroatoms. The van der Waals surface area contributed by atoms with E-state index >= 15 is 0 Å². The maximum atomic E-state index is 4.67. The van der Waals surface area contributed by atoms with Crippen molar-refractivity contribution < 1.29 is 0 Å². The van der Waals surface area contributed by atoms with Crippen LogP contribution in [0.5, 0.6) is 0 Å². The summed E-state index contributed by atoms with van der Waals surface area (Å²) in [6, 6.07) is 0. The summed E-state index contributed by atoms with van der Waals surface area (Å²) in [4.78, 5) is 9.25. The molecule has 0 saturated heterocycles. The predicted molar refractivity (Wildman–Crippen MR) is 87.6 cm³/mol. The van der Waals surface area contributed by atoms with Gasteiger partial charge in [-0.2, -0.15) is 15.4 Å². The largest absolute Gasteiger partial charge is 0.369 e. The van der Waals surface area contributed by atoms with Crippen LogP contribution >= 0.6 is 22.6 Å². The monoisotopic (exact) mass is 386 g/mol. The van der Waals surface area contributed by atoms with Crippen molar-refractivity contribution >= 4 is 28.4 Å².